The van der Waals surface area contributed by atoms with Gasteiger partial charge >= 0.3 is 0 Å². The zero-order valence-electron chi connectivity index (χ0n) is 9.39. The van der Waals surface area contributed by atoms with E-state index in [0.717, 1.165) is 19.3 Å². The lowest BCUT2D eigenvalue weighted by Crippen LogP contribution is -2.27. The molecule has 88 valence electrons. The molecule has 0 saturated heterocycles. The molecule has 1 aromatic heterocycles. The smallest absolute Gasteiger partial charge is 0.223 e. The highest BCUT2D eigenvalue weighted by molar-refractivity contribution is 5.29. The third-order valence-corrected chi connectivity index (χ3v) is 3.07. The molecule has 2 atom stereocenters. The Hall–Kier alpha value is -1.36. The van der Waals surface area contributed by atoms with E-state index in [1.165, 1.54) is 0 Å². The standard InChI is InChI=1S/C11H17N3O2/c1-16-9-5-12-11(13-6-9)14-10-4-2-3-8(10)7-15/h5-6,8,10,15H,2-4,7H2,1H3,(H,12,13,14). The molecule has 1 aliphatic carbocycles. The maximum absolute atomic E-state index is 9.20. The molecule has 1 aromatic rings. The van der Waals surface area contributed by atoms with Gasteiger partial charge in [0.05, 0.1) is 19.5 Å². The highest BCUT2D eigenvalue weighted by Gasteiger charge is 2.26. The summed E-state index contributed by atoms with van der Waals surface area (Å²) in [6, 6.07) is 0.290. The van der Waals surface area contributed by atoms with Gasteiger partial charge in [0.2, 0.25) is 5.95 Å². The summed E-state index contributed by atoms with van der Waals surface area (Å²) in [5, 5.41) is 12.5. The van der Waals surface area contributed by atoms with E-state index in [2.05, 4.69) is 15.3 Å². The minimum absolute atomic E-state index is 0.230. The Morgan fingerprint density at radius 2 is 2.19 bits per heavy atom. The van der Waals surface area contributed by atoms with Crippen LogP contribution in [0.25, 0.3) is 0 Å². The molecule has 0 bridgehead atoms. The van der Waals surface area contributed by atoms with E-state index in [0.29, 0.717) is 23.7 Å². The van der Waals surface area contributed by atoms with E-state index in [-0.39, 0.29) is 6.61 Å². The molecule has 1 fully saturated rings. The van der Waals surface area contributed by atoms with E-state index in [1.54, 1.807) is 19.5 Å². The van der Waals surface area contributed by atoms with Crippen LogP contribution in [0, 0.1) is 5.92 Å². The predicted molar refractivity (Wildman–Crippen MR) is 60.4 cm³/mol. The highest BCUT2D eigenvalue weighted by atomic mass is 16.5. The van der Waals surface area contributed by atoms with Crippen molar-refractivity contribution in [1.82, 2.24) is 9.97 Å². The second-order valence-corrected chi connectivity index (χ2v) is 4.07. The van der Waals surface area contributed by atoms with Crippen molar-refractivity contribution in [3.63, 3.8) is 0 Å². The summed E-state index contributed by atoms with van der Waals surface area (Å²) in [5.41, 5.74) is 0. The summed E-state index contributed by atoms with van der Waals surface area (Å²) in [4.78, 5) is 8.31. The molecule has 2 unspecified atom stereocenters. The minimum Gasteiger partial charge on any atom is -0.494 e. The molecular weight excluding hydrogens is 206 g/mol. The van der Waals surface area contributed by atoms with Crippen molar-refractivity contribution in [1.29, 1.82) is 0 Å². The fourth-order valence-electron chi connectivity index (χ4n) is 2.11. The molecule has 0 radical (unpaired) electrons. The molecular formula is C11H17N3O2. The van der Waals surface area contributed by atoms with Gasteiger partial charge in [0.25, 0.3) is 0 Å². The first-order valence-corrected chi connectivity index (χ1v) is 5.57. The molecule has 2 N–H and O–H groups in total. The van der Waals surface area contributed by atoms with Crippen LogP contribution < -0.4 is 10.1 Å². The van der Waals surface area contributed by atoms with Crippen LogP contribution in [0.15, 0.2) is 12.4 Å². The fraction of sp³-hybridized carbons (Fsp3) is 0.636. The number of nitrogens with one attached hydrogen (secondary N) is 1. The molecule has 0 aliphatic heterocycles. The maximum Gasteiger partial charge on any atom is 0.223 e. The van der Waals surface area contributed by atoms with Gasteiger partial charge in [-0.1, -0.05) is 6.42 Å². The van der Waals surface area contributed by atoms with Crippen molar-refractivity contribution < 1.29 is 9.84 Å². The summed E-state index contributed by atoms with van der Waals surface area (Å²) in [5.74, 6) is 1.58. The minimum atomic E-state index is 0.230. The van der Waals surface area contributed by atoms with E-state index in [4.69, 9.17) is 4.74 Å². The normalized spacial score (nSPS) is 24.4. The first-order valence-electron chi connectivity index (χ1n) is 5.57. The van der Waals surface area contributed by atoms with Gasteiger partial charge in [-0.2, -0.15) is 0 Å². The lowest BCUT2D eigenvalue weighted by molar-refractivity contribution is 0.222. The zero-order chi connectivity index (χ0) is 11.4. The monoisotopic (exact) mass is 223 g/mol. The number of rotatable bonds is 4. The first kappa shape index (κ1) is 11.1. The van der Waals surface area contributed by atoms with Crippen molar-refractivity contribution in [2.24, 2.45) is 5.92 Å². The average molecular weight is 223 g/mol. The first-order chi connectivity index (χ1) is 7.83. The van der Waals surface area contributed by atoms with Gasteiger partial charge < -0.3 is 15.2 Å². The maximum atomic E-state index is 9.20. The van der Waals surface area contributed by atoms with Gasteiger partial charge in [-0.05, 0) is 12.8 Å². The molecule has 1 aliphatic rings. The number of hydrogen-bond donors (Lipinski definition) is 2. The van der Waals surface area contributed by atoms with Crippen LogP contribution in [-0.4, -0.2) is 34.8 Å². The van der Waals surface area contributed by atoms with Crippen molar-refractivity contribution in [3.05, 3.63) is 12.4 Å². The van der Waals surface area contributed by atoms with E-state index < -0.39 is 0 Å². The number of methoxy groups -OCH3 is 1. The largest absolute Gasteiger partial charge is 0.494 e. The molecule has 0 aromatic carbocycles. The number of ether oxygens (including phenoxy) is 1. The quantitative estimate of drug-likeness (QED) is 0.798. The number of aliphatic hydroxyl groups excluding tert-OH is 1. The third kappa shape index (κ3) is 2.41. The number of nitrogens with zero attached hydrogens (tertiary/aromatic N) is 2. The van der Waals surface area contributed by atoms with Crippen molar-refractivity contribution >= 4 is 5.95 Å². The molecule has 0 spiro atoms. The lowest BCUT2D eigenvalue weighted by atomic mass is 10.1. The van der Waals surface area contributed by atoms with Crippen LogP contribution in [0.4, 0.5) is 5.95 Å². The summed E-state index contributed by atoms with van der Waals surface area (Å²) in [6.07, 6.45) is 6.57. The molecule has 16 heavy (non-hydrogen) atoms. The predicted octanol–water partition coefficient (Wildman–Crippen LogP) is 1.06. The van der Waals surface area contributed by atoms with Crippen molar-refractivity contribution in [3.8, 4) is 5.75 Å². The molecule has 5 heteroatoms. The van der Waals surface area contributed by atoms with E-state index in [9.17, 15) is 5.11 Å². The molecule has 5 nitrogen and oxygen atoms in total. The van der Waals surface area contributed by atoms with Crippen LogP contribution in [0.5, 0.6) is 5.75 Å². The van der Waals surface area contributed by atoms with Gasteiger partial charge in [-0.3, -0.25) is 0 Å². The summed E-state index contributed by atoms with van der Waals surface area (Å²) in [7, 11) is 1.59. The van der Waals surface area contributed by atoms with Gasteiger partial charge in [-0.25, -0.2) is 9.97 Å². The summed E-state index contributed by atoms with van der Waals surface area (Å²) in [6.45, 7) is 0.230. The van der Waals surface area contributed by atoms with Gasteiger partial charge in [0, 0.05) is 18.6 Å². The number of hydrogen-bond acceptors (Lipinski definition) is 5. The van der Waals surface area contributed by atoms with Gasteiger partial charge in [-0.15, -0.1) is 0 Å². The Morgan fingerprint density at radius 3 is 2.81 bits per heavy atom. The van der Waals surface area contributed by atoms with Crippen LogP contribution in [-0.2, 0) is 0 Å². The van der Waals surface area contributed by atoms with Crippen molar-refractivity contribution in [2.45, 2.75) is 25.3 Å². The zero-order valence-corrected chi connectivity index (χ0v) is 9.39. The SMILES string of the molecule is COc1cnc(NC2CCCC2CO)nc1. The Bertz CT molecular complexity index is 329. The molecule has 1 heterocycles. The second-order valence-electron chi connectivity index (χ2n) is 4.07. The van der Waals surface area contributed by atoms with Crippen LogP contribution >= 0.6 is 0 Å². The van der Waals surface area contributed by atoms with E-state index >= 15 is 0 Å². The summed E-state index contributed by atoms with van der Waals surface area (Å²) >= 11 is 0. The second kappa shape index (κ2) is 5.12. The van der Waals surface area contributed by atoms with Gasteiger partial charge in [0.1, 0.15) is 0 Å². The number of aromatic nitrogens is 2. The molecule has 1 saturated carbocycles. The molecule has 2 rings (SSSR count). The van der Waals surface area contributed by atoms with Crippen molar-refractivity contribution in [2.75, 3.05) is 19.0 Å². The van der Waals surface area contributed by atoms with E-state index in [1.807, 2.05) is 0 Å². The van der Waals surface area contributed by atoms with Crippen LogP contribution in [0.3, 0.4) is 0 Å². The van der Waals surface area contributed by atoms with Crippen LogP contribution in [0.1, 0.15) is 19.3 Å². The summed E-state index contributed by atoms with van der Waals surface area (Å²) < 4.78 is 4.99. The Kier molecular flexibility index (Phi) is 3.56. The topological polar surface area (TPSA) is 67.3 Å². The highest BCUT2D eigenvalue weighted by Crippen LogP contribution is 2.27. The third-order valence-electron chi connectivity index (χ3n) is 3.07. The number of aliphatic hydroxyl groups is 1. The number of anilines is 1. The van der Waals surface area contributed by atoms with Gasteiger partial charge in [0.15, 0.2) is 5.75 Å². The Morgan fingerprint density at radius 1 is 1.44 bits per heavy atom. The Labute approximate surface area is 94.9 Å². The lowest BCUT2D eigenvalue weighted by Gasteiger charge is -2.18. The van der Waals surface area contributed by atoms with Crippen LogP contribution in [0.2, 0.25) is 0 Å². The fourth-order valence-corrected chi connectivity index (χ4v) is 2.11. The Balaban J connectivity index is 1.97. The average Bonchev–Trinajstić information content (AvgIpc) is 2.77. The molecule has 0 amide bonds.